The summed E-state index contributed by atoms with van der Waals surface area (Å²) in [6, 6.07) is 27.3. The minimum atomic E-state index is -0.430. The fourth-order valence-electron chi connectivity index (χ4n) is 4.86. The van der Waals surface area contributed by atoms with E-state index in [1.54, 1.807) is 0 Å². The predicted molar refractivity (Wildman–Crippen MR) is 133 cm³/mol. The minimum absolute atomic E-state index is 0.0166. The van der Waals surface area contributed by atoms with Gasteiger partial charge in [0, 0.05) is 24.5 Å². The molecular weight excluding hydrogens is 426 g/mol. The number of likely N-dealkylation sites (tertiary alicyclic amines) is 1. The van der Waals surface area contributed by atoms with Crippen LogP contribution in [0.25, 0.3) is 0 Å². The van der Waals surface area contributed by atoms with E-state index >= 15 is 0 Å². The maximum atomic E-state index is 13.6. The maximum absolute atomic E-state index is 13.6. The normalized spacial score (nSPS) is 20.8. The summed E-state index contributed by atoms with van der Waals surface area (Å²) < 4.78 is 6.15. The van der Waals surface area contributed by atoms with Crippen molar-refractivity contribution < 1.29 is 14.3 Å². The van der Waals surface area contributed by atoms with Gasteiger partial charge < -0.3 is 19.9 Å². The van der Waals surface area contributed by atoms with E-state index in [0.717, 1.165) is 29.9 Å². The van der Waals surface area contributed by atoms with Crippen LogP contribution in [0.5, 0.6) is 0 Å². The molecule has 3 aromatic rings. The van der Waals surface area contributed by atoms with Gasteiger partial charge in [0.15, 0.2) is 0 Å². The predicted octanol–water partition coefficient (Wildman–Crippen LogP) is 4.86. The number of anilines is 3. The lowest BCUT2D eigenvalue weighted by Gasteiger charge is -2.42. The standard InChI is InChI=1S/C28H29N3O3/c32-26-20-34-28(21-31(26)23-12-5-2-6-13-23)16-9-18-30(19-17-28)27(33)24-14-7-8-15-25(24)29-22-10-3-1-4-11-22/h1-8,10-15,29H,9,16-21H2. The quantitative estimate of drug-likeness (QED) is 0.610. The van der Waals surface area contributed by atoms with Crippen molar-refractivity contribution >= 4 is 28.9 Å². The summed E-state index contributed by atoms with van der Waals surface area (Å²) in [5.74, 6) is -0.00204. The molecule has 0 saturated carbocycles. The molecule has 6 nitrogen and oxygen atoms in total. The number of para-hydroxylation sites is 3. The number of ether oxygens (including phenoxy) is 1. The topological polar surface area (TPSA) is 61.9 Å². The largest absolute Gasteiger partial charge is 0.363 e. The molecule has 5 rings (SSSR count). The molecule has 0 bridgehead atoms. The molecule has 2 aliphatic heterocycles. The van der Waals surface area contributed by atoms with Gasteiger partial charge in [0.1, 0.15) is 6.61 Å². The molecule has 1 spiro atoms. The van der Waals surface area contributed by atoms with Crippen LogP contribution in [-0.4, -0.2) is 48.6 Å². The van der Waals surface area contributed by atoms with E-state index in [0.29, 0.717) is 31.6 Å². The van der Waals surface area contributed by atoms with E-state index in [2.05, 4.69) is 5.32 Å². The number of benzene rings is 3. The molecule has 2 aliphatic rings. The Balaban J connectivity index is 1.31. The maximum Gasteiger partial charge on any atom is 0.255 e. The zero-order valence-electron chi connectivity index (χ0n) is 19.2. The number of carbonyl (C=O) groups is 2. The van der Waals surface area contributed by atoms with Crippen LogP contribution in [0.4, 0.5) is 17.1 Å². The Bertz CT molecular complexity index is 1150. The monoisotopic (exact) mass is 455 g/mol. The SMILES string of the molecule is O=C(c1ccccc1Nc1ccccc1)N1CCCC2(CC1)CN(c1ccccc1)C(=O)CO2. The average molecular weight is 456 g/mol. The lowest BCUT2D eigenvalue weighted by atomic mass is 9.92. The van der Waals surface area contributed by atoms with Crippen LogP contribution in [0.15, 0.2) is 84.9 Å². The molecule has 174 valence electrons. The van der Waals surface area contributed by atoms with Crippen LogP contribution in [0.2, 0.25) is 0 Å². The summed E-state index contributed by atoms with van der Waals surface area (Å²) in [5, 5.41) is 3.38. The zero-order valence-corrected chi connectivity index (χ0v) is 19.2. The highest BCUT2D eigenvalue weighted by atomic mass is 16.5. The number of carbonyl (C=O) groups excluding carboxylic acids is 2. The Hall–Kier alpha value is -3.64. The molecule has 34 heavy (non-hydrogen) atoms. The lowest BCUT2D eigenvalue weighted by Crippen LogP contribution is -2.55. The highest BCUT2D eigenvalue weighted by Gasteiger charge is 2.42. The Morgan fingerprint density at radius 3 is 2.35 bits per heavy atom. The van der Waals surface area contributed by atoms with Crippen molar-refractivity contribution in [1.29, 1.82) is 0 Å². The second-order valence-corrected chi connectivity index (χ2v) is 8.97. The summed E-state index contributed by atoms with van der Waals surface area (Å²) in [6.45, 7) is 1.86. The van der Waals surface area contributed by atoms with Crippen molar-refractivity contribution in [2.75, 3.05) is 36.5 Å². The molecule has 2 saturated heterocycles. The van der Waals surface area contributed by atoms with Crippen molar-refractivity contribution in [1.82, 2.24) is 4.90 Å². The first-order valence-corrected chi connectivity index (χ1v) is 11.8. The van der Waals surface area contributed by atoms with Gasteiger partial charge >= 0.3 is 0 Å². The molecular formula is C28H29N3O3. The van der Waals surface area contributed by atoms with Crippen LogP contribution < -0.4 is 10.2 Å². The molecule has 1 N–H and O–H groups in total. The highest BCUT2D eigenvalue weighted by molar-refractivity contribution is 6.00. The Kier molecular flexibility index (Phi) is 6.32. The molecule has 1 unspecified atom stereocenters. The third kappa shape index (κ3) is 4.68. The summed E-state index contributed by atoms with van der Waals surface area (Å²) in [6.07, 6.45) is 2.35. The van der Waals surface area contributed by atoms with Crippen molar-refractivity contribution in [3.8, 4) is 0 Å². The Labute approximate surface area is 200 Å². The molecule has 0 radical (unpaired) electrons. The number of nitrogens with one attached hydrogen (secondary N) is 1. The number of morpholine rings is 1. The highest BCUT2D eigenvalue weighted by Crippen LogP contribution is 2.33. The Morgan fingerprint density at radius 1 is 0.853 bits per heavy atom. The number of nitrogens with zero attached hydrogens (tertiary/aromatic N) is 2. The summed E-state index contributed by atoms with van der Waals surface area (Å²) >= 11 is 0. The first-order chi connectivity index (χ1) is 16.6. The molecule has 2 amide bonds. The fourth-order valence-corrected chi connectivity index (χ4v) is 4.86. The zero-order chi connectivity index (χ0) is 23.4. The molecule has 6 heteroatoms. The van der Waals surface area contributed by atoms with Crippen LogP contribution in [0.3, 0.4) is 0 Å². The van der Waals surface area contributed by atoms with Gasteiger partial charge in [0.25, 0.3) is 11.8 Å². The summed E-state index contributed by atoms with van der Waals surface area (Å²) in [7, 11) is 0. The first kappa shape index (κ1) is 22.2. The molecule has 0 aromatic heterocycles. The molecule has 1 atom stereocenters. The van der Waals surface area contributed by atoms with Gasteiger partial charge in [0.05, 0.1) is 23.4 Å². The van der Waals surface area contributed by atoms with E-state index in [1.165, 1.54) is 0 Å². The smallest absolute Gasteiger partial charge is 0.255 e. The first-order valence-electron chi connectivity index (χ1n) is 11.8. The number of hydrogen-bond acceptors (Lipinski definition) is 4. The lowest BCUT2D eigenvalue weighted by molar-refractivity contribution is -0.140. The van der Waals surface area contributed by atoms with Gasteiger partial charge in [-0.15, -0.1) is 0 Å². The second-order valence-electron chi connectivity index (χ2n) is 8.97. The molecule has 3 aromatic carbocycles. The third-order valence-electron chi connectivity index (χ3n) is 6.71. The van der Waals surface area contributed by atoms with E-state index in [9.17, 15) is 9.59 Å². The van der Waals surface area contributed by atoms with Gasteiger partial charge in [-0.05, 0) is 55.7 Å². The van der Waals surface area contributed by atoms with Crippen LogP contribution >= 0.6 is 0 Å². The van der Waals surface area contributed by atoms with Crippen molar-refractivity contribution in [3.05, 3.63) is 90.5 Å². The summed E-state index contributed by atoms with van der Waals surface area (Å²) in [4.78, 5) is 29.9. The van der Waals surface area contributed by atoms with Crippen LogP contribution in [-0.2, 0) is 9.53 Å². The van der Waals surface area contributed by atoms with E-state index in [4.69, 9.17) is 4.74 Å². The van der Waals surface area contributed by atoms with Crippen molar-refractivity contribution in [3.63, 3.8) is 0 Å². The van der Waals surface area contributed by atoms with E-state index in [-0.39, 0.29) is 18.4 Å². The Morgan fingerprint density at radius 2 is 1.56 bits per heavy atom. The van der Waals surface area contributed by atoms with Crippen LogP contribution in [0.1, 0.15) is 29.6 Å². The molecule has 2 heterocycles. The van der Waals surface area contributed by atoms with Gasteiger partial charge in [-0.1, -0.05) is 48.5 Å². The van der Waals surface area contributed by atoms with Crippen molar-refractivity contribution in [2.24, 2.45) is 0 Å². The van der Waals surface area contributed by atoms with Gasteiger partial charge in [-0.2, -0.15) is 0 Å². The third-order valence-corrected chi connectivity index (χ3v) is 6.71. The second kappa shape index (κ2) is 9.69. The molecule has 0 aliphatic carbocycles. The van der Waals surface area contributed by atoms with E-state index < -0.39 is 5.60 Å². The van der Waals surface area contributed by atoms with Crippen LogP contribution in [0, 0.1) is 0 Å². The number of rotatable bonds is 4. The van der Waals surface area contributed by atoms with Gasteiger partial charge in [-0.25, -0.2) is 0 Å². The van der Waals surface area contributed by atoms with Crippen molar-refractivity contribution in [2.45, 2.75) is 24.9 Å². The van der Waals surface area contributed by atoms with Gasteiger partial charge in [0.2, 0.25) is 0 Å². The summed E-state index contributed by atoms with van der Waals surface area (Å²) in [5.41, 5.74) is 2.87. The fraction of sp³-hybridized carbons (Fsp3) is 0.286. The van der Waals surface area contributed by atoms with E-state index in [1.807, 2.05) is 94.7 Å². The molecule has 2 fully saturated rings. The van der Waals surface area contributed by atoms with Gasteiger partial charge in [-0.3, -0.25) is 9.59 Å². The number of amides is 2. The number of hydrogen-bond donors (Lipinski definition) is 1. The average Bonchev–Trinajstić information content (AvgIpc) is 3.09. The minimum Gasteiger partial charge on any atom is -0.363 e.